The summed E-state index contributed by atoms with van der Waals surface area (Å²) < 4.78 is 71.6. The second-order valence-corrected chi connectivity index (χ2v) is 15.9. The highest BCUT2D eigenvalue weighted by atomic mass is 32.3. The number of rotatable bonds is 10. The summed E-state index contributed by atoms with van der Waals surface area (Å²) in [6.45, 7) is 8.80. The lowest BCUT2D eigenvalue weighted by atomic mass is 9.43. The van der Waals surface area contributed by atoms with Crippen LogP contribution in [0.3, 0.4) is 0 Å². The van der Waals surface area contributed by atoms with E-state index in [4.69, 9.17) is 8.74 Å². The topological polar surface area (TPSA) is 168 Å². The summed E-state index contributed by atoms with van der Waals surface area (Å²) >= 11 is 0. The number of aliphatic hydroxyl groups excluding tert-OH is 2. The van der Waals surface area contributed by atoms with Crippen molar-refractivity contribution in [3.63, 3.8) is 0 Å². The highest BCUT2D eigenvalue weighted by Gasteiger charge is 2.64. The highest BCUT2D eigenvalue weighted by Crippen LogP contribution is 2.68. The van der Waals surface area contributed by atoms with Gasteiger partial charge in [-0.2, -0.15) is 16.8 Å². The normalized spacial score (nSPS) is 44.2. The maximum Gasteiger partial charge on any atom is 0.397 e. The molecule has 9 unspecified atom stereocenters. The van der Waals surface area contributed by atoms with Crippen LogP contribution in [0.2, 0.25) is 0 Å². The Labute approximate surface area is 234 Å². The fourth-order valence-corrected chi connectivity index (χ4v) is 10.7. The predicted octanol–water partition coefficient (Wildman–Crippen LogP) is 4.04. The van der Waals surface area contributed by atoms with E-state index in [1.165, 1.54) is 0 Å². The van der Waals surface area contributed by atoms with Crippen molar-refractivity contribution in [1.82, 2.24) is 0 Å². The highest BCUT2D eigenvalue weighted by molar-refractivity contribution is 7.81. The standard InChI is InChI=1S/C27H48O10S2/c1-16(15-36-38(30,31)32)6-5-7-17(2)18-8-9-19-24-20(10-12-26(18,19)3)27(4)13-11-23(37-39(33,34)35)25(29)21(27)14-22(24)28/h16-25,28-29H,5-15H2,1-4H3,(H,30,31,32)(H,33,34,35)/t16?,17?,18?,19?,20?,21?,22?,23?,24?,25-,26-,27-/m1/s1. The van der Waals surface area contributed by atoms with Gasteiger partial charge >= 0.3 is 20.8 Å². The lowest BCUT2D eigenvalue weighted by Crippen LogP contribution is -2.62. The summed E-state index contributed by atoms with van der Waals surface area (Å²) in [7, 11) is -9.08. The third-order valence-electron chi connectivity index (χ3n) is 11.6. The number of aliphatic hydroxyl groups is 2. The zero-order chi connectivity index (χ0) is 29.0. The van der Waals surface area contributed by atoms with Crippen molar-refractivity contribution in [2.75, 3.05) is 6.61 Å². The van der Waals surface area contributed by atoms with E-state index in [1.54, 1.807) is 0 Å². The monoisotopic (exact) mass is 596 g/mol. The van der Waals surface area contributed by atoms with Crippen molar-refractivity contribution >= 4 is 20.8 Å². The molecular formula is C27H48O10S2. The van der Waals surface area contributed by atoms with E-state index in [9.17, 15) is 31.6 Å². The van der Waals surface area contributed by atoms with Crippen molar-refractivity contribution < 1.29 is 44.5 Å². The predicted molar refractivity (Wildman–Crippen MR) is 144 cm³/mol. The summed E-state index contributed by atoms with van der Waals surface area (Å²) in [5, 5.41) is 22.6. The molecule has 228 valence electrons. The zero-order valence-corrected chi connectivity index (χ0v) is 25.2. The first-order valence-electron chi connectivity index (χ1n) is 14.6. The van der Waals surface area contributed by atoms with Crippen LogP contribution in [0.4, 0.5) is 0 Å². The van der Waals surface area contributed by atoms with Crippen LogP contribution in [0.15, 0.2) is 0 Å². The molecule has 0 saturated heterocycles. The number of hydrogen-bond donors (Lipinski definition) is 4. The Morgan fingerprint density at radius 3 is 2.13 bits per heavy atom. The minimum Gasteiger partial charge on any atom is -0.393 e. The van der Waals surface area contributed by atoms with Crippen LogP contribution in [-0.4, -0.2) is 61.1 Å². The van der Waals surface area contributed by atoms with Gasteiger partial charge in [0.05, 0.1) is 18.8 Å². The molecule has 4 N–H and O–H groups in total. The van der Waals surface area contributed by atoms with Gasteiger partial charge in [-0.25, -0.2) is 8.37 Å². The SMILES string of the molecule is CC(CCCC(C)C1CCC2C3C(O)CC4[C@@H](O)C(OS(=O)(=O)O)CC[C@]4(C)C3CC[C@]12C)COS(=O)(=O)O. The molecule has 12 atom stereocenters. The minimum atomic E-state index is -4.67. The molecule has 12 heteroatoms. The van der Waals surface area contributed by atoms with Gasteiger partial charge in [0.25, 0.3) is 0 Å². The van der Waals surface area contributed by atoms with Gasteiger partial charge in [-0.05, 0) is 104 Å². The van der Waals surface area contributed by atoms with E-state index < -0.39 is 39.1 Å². The third kappa shape index (κ3) is 6.53. The molecular weight excluding hydrogens is 548 g/mol. The molecule has 4 saturated carbocycles. The Morgan fingerprint density at radius 1 is 0.846 bits per heavy atom. The van der Waals surface area contributed by atoms with Crippen molar-refractivity contribution in [3.05, 3.63) is 0 Å². The molecule has 0 spiro atoms. The molecule has 0 aromatic carbocycles. The van der Waals surface area contributed by atoms with E-state index in [0.717, 1.165) is 44.9 Å². The fraction of sp³-hybridized carbons (Fsp3) is 1.00. The summed E-state index contributed by atoms with van der Waals surface area (Å²) in [6.07, 6.45) is 5.82. The van der Waals surface area contributed by atoms with Gasteiger partial charge in [0.15, 0.2) is 0 Å². The molecule has 0 amide bonds. The van der Waals surface area contributed by atoms with Crippen LogP contribution in [0.25, 0.3) is 0 Å². The summed E-state index contributed by atoms with van der Waals surface area (Å²) in [5.41, 5.74) is -0.109. The van der Waals surface area contributed by atoms with E-state index in [0.29, 0.717) is 37.0 Å². The minimum absolute atomic E-state index is 0.0193. The van der Waals surface area contributed by atoms with Gasteiger partial charge in [0, 0.05) is 0 Å². The third-order valence-corrected chi connectivity index (χ3v) is 12.5. The largest absolute Gasteiger partial charge is 0.397 e. The Balaban J connectivity index is 1.41. The van der Waals surface area contributed by atoms with Gasteiger partial charge in [-0.15, -0.1) is 0 Å². The van der Waals surface area contributed by atoms with Gasteiger partial charge in [0.1, 0.15) is 6.10 Å². The Bertz CT molecular complexity index is 1080. The van der Waals surface area contributed by atoms with Crippen LogP contribution in [0.1, 0.15) is 91.9 Å². The van der Waals surface area contributed by atoms with E-state index in [1.807, 2.05) is 6.92 Å². The second kappa shape index (κ2) is 11.4. The lowest BCUT2D eigenvalue weighted by molar-refractivity contribution is -0.204. The first-order chi connectivity index (χ1) is 18.0. The van der Waals surface area contributed by atoms with Crippen molar-refractivity contribution in [2.45, 2.75) is 110 Å². The molecule has 0 aliphatic heterocycles. The first-order valence-corrected chi connectivity index (χ1v) is 17.3. The van der Waals surface area contributed by atoms with Gasteiger partial charge in [0.2, 0.25) is 0 Å². The maximum atomic E-state index is 11.5. The molecule has 4 fully saturated rings. The Morgan fingerprint density at radius 2 is 1.49 bits per heavy atom. The molecule has 4 rings (SSSR count). The van der Waals surface area contributed by atoms with Gasteiger partial charge in [-0.1, -0.05) is 40.5 Å². The lowest BCUT2D eigenvalue weighted by Gasteiger charge is -2.63. The van der Waals surface area contributed by atoms with E-state index >= 15 is 0 Å². The summed E-state index contributed by atoms with van der Waals surface area (Å²) in [4.78, 5) is 0. The van der Waals surface area contributed by atoms with Gasteiger partial charge < -0.3 is 10.2 Å². The molecule has 0 bridgehead atoms. The van der Waals surface area contributed by atoms with Crippen LogP contribution < -0.4 is 0 Å². The molecule has 39 heavy (non-hydrogen) atoms. The summed E-state index contributed by atoms with van der Waals surface area (Å²) in [5.74, 6) is 1.54. The molecule has 0 heterocycles. The van der Waals surface area contributed by atoms with Crippen molar-refractivity contribution in [2.24, 2.45) is 52.3 Å². The van der Waals surface area contributed by atoms with E-state index in [-0.39, 0.29) is 41.1 Å². The molecule has 0 aromatic rings. The average Bonchev–Trinajstić information content (AvgIpc) is 3.17. The van der Waals surface area contributed by atoms with Crippen LogP contribution in [0, 0.1) is 52.3 Å². The van der Waals surface area contributed by atoms with Gasteiger partial charge in [-0.3, -0.25) is 9.11 Å². The van der Waals surface area contributed by atoms with Crippen molar-refractivity contribution in [3.8, 4) is 0 Å². The molecule has 0 aromatic heterocycles. The Hall–Kier alpha value is -0.340. The summed E-state index contributed by atoms with van der Waals surface area (Å²) in [6, 6.07) is 0. The van der Waals surface area contributed by atoms with E-state index in [2.05, 4.69) is 25.0 Å². The van der Waals surface area contributed by atoms with Crippen LogP contribution in [0.5, 0.6) is 0 Å². The average molecular weight is 597 g/mol. The molecule has 0 radical (unpaired) electrons. The quantitative estimate of drug-likeness (QED) is 0.270. The zero-order valence-electron chi connectivity index (χ0n) is 23.6. The molecule has 4 aliphatic carbocycles. The fourth-order valence-electron chi connectivity index (χ4n) is 9.76. The molecule has 10 nitrogen and oxygen atoms in total. The maximum absolute atomic E-state index is 11.5. The van der Waals surface area contributed by atoms with Crippen LogP contribution >= 0.6 is 0 Å². The number of fused-ring (bicyclic) bond motifs is 5. The smallest absolute Gasteiger partial charge is 0.393 e. The van der Waals surface area contributed by atoms with Crippen LogP contribution in [-0.2, 0) is 29.2 Å². The first kappa shape index (κ1) is 31.6. The number of hydrogen-bond acceptors (Lipinski definition) is 8. The van der Waals surface area contributed by atoms with Crippen molar-refractivity contribution in [1.29, 1.82) is 0 Å². The Kier molecular flexibility index (Phi) is 9.23. The second-order valence-electron chi connectivity index (χ2n) is 13.8. The molecule has 4 aliphatic rings.